The largest absolute Gasteiger partial charge is 0.508 e. The Morgan fingerprint density at radius 3 is 2.60 bits per heavy atom. The first kappa shape index (κ1) is 9.58. The van der Waals surface area contributed by atoms with Crippen LogP contribution in [-0.4, -0.2) is 14.9 Å². The number of nitrogens with zero attached hydrogens (tertiary/aromatic N) is 2. The minimum Gasteiger partial charge on any atom is -0.508 e. The number of aromatic hydroxyl groups is 1. The van der Waals surface area contributed by atoms with Crippen LogP contribution in [0.5, 0.6) is 5.75 Å². The Kier molecular flexibility index (Phi) is 2.58. The van der Waals surface area contributed by atoms with Crippen LogP contribution in [0.1, 0.15) is 5.56 Å². The van der Waals surface area contributed by atoms with Crippen LogP contribution >= 0.6 is 0 Å². The smallest absolute Gasteiger partial charge is 0.124 e. The van der Waals surface area contributed by atoms with Gasteiger partial charge in [-0.15, -0.1) is 0 Å². The van der Waals surface area contributed by atoms with Crippen molar-refractivity contribution in [1.29, 1.82) is 0 Å². The Balaban J connectivity index is 1.99. The van der Waals surface area contributed by atoms with Crippen LogP contribution < -0.4 is 5.32 Å². The monoisotopic (exact) mass is 203 g/mol. The fourth-order valence-corrected chi connectivity index (χ4v) is 1.35. The molecule has 0 aliphatic heterocycles. The molecule has 78 valence electrons. The van der Waals surface area contributed by atoms with E-state index in [0.29, 0.717) is 5.75 Å². The van der Waals surface area contributed by atoms with Gasteiger partial charge in [-0.2, -0.15) is 5.10 Å². The number of rotatable bonds is 3. The third kappa shape index (κ3) is 2.28. The first-order chi connectivity index (χ1) is 7.25. The van der Waals surface area contributed by atoms with Crippen molar-refractivity contribution in [3.05, 3.63) is 42.1 Å². The topological polar surface area (TPSA) is 50.1 Å². The average Bonchev–Trinajstić information content (AvgIpc) is 2.63. The summed E-state index contributed by atoms with van der Waals surface area (Å²) in [6, 6.07) is 9.05. The summed E-state index contributed by atoms with van der Waals surface area (Å²) >= 11 is 0. The molecule has 0 aliphatic carbocycles. The second kappa shape index (κ2) is 4.04. The zero-order chi connectivity index (χ0) is 10.7. The summed E-state index contributed by atoms with van der Waals surface area (Å²) in [6.45, 7) is 0.722. The highest BCUT2D eigenvalue weighted by atomic mass is 16.3. The number of phenolic OH excluding ortho intramolecular Hbond substituents is 1. The number of aryl methyl sites for hydroxylation is 1. The molecule has 1 aromatic heterocycles. The Hall–Kier alpha value is -1.97. The summed E-state index contributed by atoms with van der Waals surface area (Å²) in [5, 5.41) is 16.4. The van der Waals surface area contributed by atoms with Crippen LogP contribution in [0.2, 0.25) is 0 Å². The molecule has 0 aliphatic rings. The molecule has 0 fully saturated rings. The Morgan fingerprint density at radius 1 is 1.27 bits per heavy atom. The first-order valence-electron chi connectivity index (χ1n) is 4.75. The van der Waals surface area contributed by atoms with Crippen molar-refractivity contribution in [2.24, 2.45) is 7.05 Å². The zero-order valence-electron chi connectivity index (χ0n) is 8.51. The number of hydrogen-bond acceptors (Lipinski definition) is 3. The normalized spacial score (nSPS) is 10.2. The fraction of sp³-hybridized carbons (Fsp3) is 0.182. The van der Waals surface area contributed by atoms with Crippen molar-refractivity contribution in [1.82, 2.24) is 9.78 Å². The van der Waals surface area contributed by atoms with Gasteiger partial charge in [0.25, 0.3) is 0 Å². The second-order valence-corrected chi connectivity index (χ2v) is 3.36. The maximum Gasteiger partial charge on any atom is 0.124 e. The van der Waals surface area contributed by atoms with E-state index >= 15 is 0 Å². The summed E-state index contributed by atoms with van der Waals surface area (Å²) in [5.74, 6) is 1.27. The summed E-state index contributed by atoms with van der Waals surface area (Å²) in [5.41, 5.74) is 1.12. The molecule has 0 saturated heterocycles. The fourth-order valence-electron chi connectivity index (χ4n) is 1.35. The first-order valence-corrected chi connectivity index (χ1v) is 4.75. The summed E-state index contributed by atoms with van der Waals surface area (Å²) < 4.78 is 1.78. The maximum atomic E-state index is 9.12. The van der Waals surface area contributed by atoms with Crippen molar-refractivity contribution in [2.45, 2.75) is 6.54 Å². The SMILES string of the molecule is Cn1nccc1NCc1ccc(O)cc1. The van der Waals surface area contributed by atoms with Crippen LogP contribution in [0.15, 0.2) is 36.5 Å². The predicted molar refractivity (Wildman–Crippen MR) is 58.6 cm³/mol. The summed E-state index contributed by atoms with van der Waals surface area (Å²) in [7, 11) is 1.89. The molecule has 0 atom stereocenters. The molecule has 0 amide bonds. The number of phenols is 1. The van der Waals surface area contributed by atoms with Gasteiger partial charge in [0.1, 0.15) is 11.6 Å². The number of nitrogens with one attached hydrogen (secondary N) is 1. The quantitative estimate of drug-likeness (QED) is 0.798. The van der Waals surface area contributed by atoms with Crippen LogP contribution in [-0.2, 0) is 13.6 Å². The van der Waals surface area contributed by atoms with Crippen LogP contribution in [0, 0.1) is 0 Å². The molecular formula is C11H13N3O. The van der Waals surface area contributed by atoms with E-state index in [1.54, 1.807) is 23.0 Å². The number of benzene rings is 1. The van der Waals surface area contributed by atoms with Gasteiger partial charge in [-0.1, -0.05) is 12.1 Å². The van der Waals surface area contributed by atoms with Gasteiger partial charge in [-0.25, -0.2) is 0 Å². The van der Waals surface area contributed by atoms with Gasteiger partial charge in [0.15, 0.2) is 0 Å². The molecular weight excluding hydrogens is 190 g/mol. The van der Waals surface area contributed by atoms with E-state index in [-0.39, 0.29) is 0 Å². The maximum absolute atomic E-state index is 9.12. The lowest BCUT2D eigenvalue weighted by atomic mass is 10.2. The lowest BCUT2D eigenvalue weighted by molar-refractivity contribution is 0.475. The molecule has 2 aromatic rings. The molecule has 0 radical (unpaired) electrons. The Labute approximate surface area is 88.2 Å². The molecule has 0 saturated carbocycles. The van der Waals surface area contributed by atoms with Gasteiger partial charge in [0.05, 0.1) is 6.20 Å². The van der Waals surface area contributed by atoms with E-state index in [2.05, 4.69) is 10.4 Å². The second-order valence-electron chi connectivity index (χ2n) is 3.36. The molecule has 4 nitrogen and oxygen atoms in total. The van der Waals surface area contributed by atoms with Crippen molar-refractivity contribution in [2.75, 3.05) is 5.32 Å². The minimum absolute atomic E-state index is 0.291. The van der Waals surface area contributed by atoms with Gasteiger partial charge in [0.2, 0.25) is 0 Å². The highest BCUT2D eigenvalue weighted by Gasteiger charge is 1.97. The number of hydrogen-bond donors (Lipinski definition) is 2. The predicted octanol–water partition coefficient (Wildman–Crippen LogP) is 1.74. The molecule has 0 spiro atoms. The van der Waals surface area contributed by atoms with Crippen LogP contribution in [0.25, 0.3) is 0 Å². The molecule has 2 rings (SSSR count). The Bertz CT molecular complexity index is 433. The standard InChI is InChI=1S/C11H13N3O/c1-14-11(6-7-13-14)12-8-9-2-4-10(15)5-3-9/h2-7,12,15H,8H2,1H3. The summed E-state index contributed by atoms with van der Waals surface area (Å²) in [4.78, 5) is 0. The van der Waals surface area contributed by atoms with Crippen molar-refractivity contribution in [3.8, 4) is 5.75 Å². The van der Waals surface area contributed by atoms with E-state index < -0.39 is 0 Å². The molecule has 4 heteroatoms. The number of aromatic nitrogens is 2. The number of anilines is 1. The van der Waals surface area contributed by atoms with E-state index in [1.165, 1.54) is 0 Å². The highest BCUT2D eigenvalue weighted by molar-refractivity contribution is 5.36. The van der Waals surface area contributed by atoms with E-state index in [4.69, 9.17) is 5.11 Å². The van der Waals surface area contributed by atoms with E-state index in [9.17, 15) is 0 Å². The highest BCUT2D eigenvalue weighted by Crippen LogP contribution is 2.11. The van der Waals surface area contributed by atoms with Crippen LogP contribution in [0.3, 0.4) is 0 Å². The minimum atomic E-state index is 0.291. The van der Waals surface area contributed by atoms with Gasteiger partial charge in [-0.05, 0) is 17.7 Å². The van der Waals surface area contributed by atoms with Crippen molar-refractivity contribution in [3.63, 3.8) is 0 Å². The van der Waals surface area contributed by atoms with Gasteiger partial charge < -0.3 is 10.4 Å². The van der Waals surface area contributed by atoms with Crippen LogP contribution in [0.4, 0.5) is 5.82 Å². The molecule has 1 heterocycles. The van der Waals surface area contributed by atoms with E-state index in [1.807, 2.05) is 25.2 Å². The molecule has 1 aromatic carbocycles. The zero-order valence-corrected chi connectivity index (χ0v) is 8.51. The third-order valence-electron chi connectivity index (χ3n) is 2.23. The lowest BCUT2D eigenvalue weighted by Crippen LogP contribution is -2.04. The average molecular weight is 203 g/mol. The third-order valence-corrected chi connectivity index (χ3v) is 2.23. The molecule has 0 bridgehead atoms. The van der Waals surface area contributed by atoms with Gasteiger partial charge in [0, 0.05) is 19.7 Å². The van der Waals surface area contributed by atoms with E-state index in [0.717, 1.165) is 17.9 Å². The molecule has 15 heavy (non-hydrogen) atoms. The van der Waals surface area contributed by atoms with Gasteiger partial charge in [-0.3, -0.25) is 4.68 Å². The summed E-state index contributed by atoms with van der Waals surface area (Å²) in [6.07, 6.45) is 1.75. The van der Waals surface area contributed by atoms with Crippen molar-refractivity contribution >= 4 is 5.82 Å². The molecule has 0 unspecified atom stereocenters. The lowest BCUT2D eigenvalue weighted by Gasteiger charge is -2.06. The Morgan fingerprint density at radius 2 is 2.00 bits per heavy atom. The van der Waals surface area contributed by atoms with Gasteiger partial charge >= 0.3 is 0 Å². The van der Waals surface area contributed by atoms with Crippen molar-refractivity contribution < 1.29 is 5.11 Å². The molecule has 2 N–H and O–H groups in total.